The zero-order valence-electron chi connectivity index (χ0n) is 25.3. The van der Waals surface area contributed by atoms with Gasteiger partial charge in [-0.1, -0.05) is 30.3 Å². The van der Waals surface area contributed by atoms with E-state index in [1.807, 2.05) is 72.1 Å². The first kappa shape index (κ1) is 29.0. The molecule has 0 saturated carbocycles. The maximum atomic E-state index is 13.9. The van der Waals surface area contributed by atoms with Crippen LogP contribution in [0.4, 0.5) is 17.2 Å². The predicted molar refractivity (Wildman–Crippen MR) is 176 cm³/mol. The molecule has 3 aromatic heterocycles. The van der Waals surface area contributed by atoms with Crippen molar-refractivity contribution < 1.29 is 9.84 Å². The molecule has 5 heterocycles. The summed E-state index contributed by atoms with van der Waals surface area (Å²) in [6.45, 7) is 6.54. The molecule has 7 rings (SSSR count). The van der Waals surface area contributed by atoms with E-state index in [9.17, 15) is 9.90 Å². The molecule has 0 bridgehead atoms. The standard InChI is InChI=1S/C34H38N8O3/c1-22-29(40-15-17-45-18-16-40)20-28(34(44)41(22)26-5-3-2-4-6-26)33(43)39-25-9-7-23(8-10-25)27-19-30(24-11-13-36-14-12-24)42-31(27)32(35)37-21-38-42/h2-10,19-21,24,33,36,39,43H,11-18H2,1H3,(H2,35,37,38). The number of para-hydroxylation sites is 1. The Labute approximate surface area is 261 Å². The number of morpholine rings is 1. The van der Waals surface area contributed by atoms with Crippen LogP contribution >= 0.6 is 0 Å². The zero-order chi connectivity index (χ0) is 30.9. The van der Waals surface area contributed by atoms with Crippen molar-refractivity contribution in [3.05, 3.63) is 100 Å². The van der Waals surface area contributed by atoms with Crippen molar-refractivity contribution in [2.24, 2.45) is 0 Å². The van der Waals surface area contributed by atoms with Crippen LogP contribution in [0.2, 0.25) is 0 Å². The second-order valence-corrected chi connectivity index (χ2v) is 11.7. The third-order valence-corrected chi connectivity index (χ3v) is 8.98. The normalized spacial score (nSPS) is 16.6. The van der Waals surface area contributed by atoms with Crippen LogP contribution in [0.5, 0.6) is 0 Å². The third-order valence-electron chi connectivity index (χ3n) is 8.98. The van der Waals surface area contributed by atoms with Crippen molar-refractivity contribution in [3.63, 3.8) is 0 Å². The Balaban J connectivity index is 1.21. The van der Waals surface area contributed by atoms with E-state index in [1.54, 1.807) is 4.57 Å². The molecule has 2 aliphatic rings. The van der Waals surface area contributed by atoms with E-state index in [0.29, 0.717) is 43.7 Å². The number of nitrogens with two attached hydrogens (primary N) is 1. The SMILES string of the molecule is Cc1c(N2CCOCC2)cc(C(O)Nc2ccc(-c3cc(C4CCNCC4)n4ncnc(N)c34)cc2)c(=O)n1-c1ccccc1. The molecule has 0 aliphatic carbocycles. The summed E-state index contributed by atoms with van der Waals surface area (Å²) in [5.74, 6) is 0.817. The maximum Gasteiger partial charge on any atom is 0.263 e. The molecule has 45 heavy (non-hydrogen) atoms. The number of benzene rings is 2. The lowest BCUT2D eigenvalue weighted by atomic mass is 9.94. The first-order chi connectivity index (χ1) is 22.0. The van der Waals surface area contributed by atoms with Crippen molar-refractivity contribution >= 4 is 22.7 Å². The Hall–Kier alpha value is -4.71. The Kier molecular flexibility index (Phi) is 7.97. The van der Waals surface area contributed by atoms with Gasteiger partial charge in [-0.2, -0.15) is 5.10 Å². The minimum atomic E-state index is -1.23. The average molecular weight is 607 g/mol. The highest BCUT2D eigenvalue weighted by molar-refractivity contribution is 5.88. The highest BCUT2D eigenvalue weighted by atomic mass is 16.5. The number of anilines is 3. The van der Waals surface area contributed by atoms with Gasteiger partial charge in [0.15, 0.2) is 12.0 Å². The highest BCUT2D eigenvalue weighted by Gasteiger charge is 2.25. The lowest BCUT2D eigenvalue weighted by molar-refractivity contribution is 0.122. The molecule has 232 valence electrons. The molecule has 11 heteroatoms. The Morgan fingerprint density at radius 1 is 1.04 bits per heavy atom. The summed E-state index contributed by atoms with van der Waals surface area (Å²) < 4.78 is 9.19. The van der Waals surface area contributed by atoms with Crippen LogP contribution < -0.4 is 26.8 Å². The highest BCUT2D eigenvalue weighted by Crippen LogP contribution is 2.36. The van der Waals surface area contributed by atoms with E-state index < -0.39 is 6.23 Å². The topological polar surface area (TPSA) is 135 Å². The molecule has 2 aromatic carbocycles. The van der Waals surface area contributed by atoms with Crippen LogP contribution in [-0.2, 0) is 4.74 Å². The van der Waals surface area contributed by atoms with Gasteiger partial charge in [0.1, 0.15) is 11.8 Å². The minimum absolute atomic E-state index is 0.269. The van der Waals surface area contributed by atoms with Crippen LogP contribution in [0.3, 0.4) is 0 Å². The van der Waals surface area contributed by atoms with Crippen molar-refractivity contribution in [1.82, 2.24) is 24.5 Å². The van der Waals surface area contributed by atoms with E-state index in [0.717, 1.165) is 65.3 Å². The Morgan fingerprint density at radius 3 is 2.51 bits per heavy atom. The second-order valence-electron chi connectivity index (χ2n) is 11.7. The van der Waals surface area contributed by atoms with Gasteiger partial charge < -0.3 is 31.1 Å². The number of ether oxygens (including phenoxy) is 1. The van der Waals surface area contributed by atoms with Gasteiger partial charge in [0.2, 0.25) is 0 Å². The first-order valence-electron chi connectivity index (χ1n) is 15.5. The zero-order valence-corrected chi connectivity index (χ0v) is 25.3. The number of aromatic nitrogens is 4. The van der Waals surface area contributed by atoms with Gasteiger partial charge >= 0.3 is 0 Å². The van der Waals surface area contributed by atoms with Crippen molar-refractivity contribution in [3.8, 4) is 16.8 Å². The molecule has 0 radical (unpaired) electrons. The van der Waals surface area contributed by atoms with Crippen LogP contribution in [0, 0.1) is 6.92 Å². The monoisotopic (exact) mass is 606 g/mol. The molecule has 11 nitrogen and oxygen atoms in total. The number of hydrogen-bond acceptors (Lipinski definition) is 9. The number of aliphatic hydroxyl groups excluding tert-OH is 1. The van der Waals surface area contributed by atoms with Crippen molar-refractivity contribution in [2.75, 3.05) is 55.3 Å². The number of aliphatic hydroxyl groups is 1. The van der Waals surface area contributed by atoms with Gasteiger partial charge in [-0.15, -0.1) is 0 Å². The summed E-state index contributed by atoms with van der Waals surface area (Å²) in [5, 5.41) is 22.6. The number of nitrogens with one attached hydrogen (secondary N) is 2. The molecule has 0 amide bonds. The lowest BCUT2D eigenvalue weighted by Gasteiger charge is -2.32. The smallest absolute Gasteiger partial charge is 0.263 e. The number of piperidine rings is 1. The van der Waals surface area contributed by atoms with E-state index in [-0.39, 0.29) is 11.1 Å². The number of rotatable bonds is 7. The largest absolute Gasteiger partial charge is 0.382 e. The molecular weight excluding hydrogens is 568 g/mol. The van der Waals surface area contributed by atoms with Gasteiger partial charge in [0.25, 0.3) is 5.56 Å². The van der Waals surface area contributed by atoms with E-state index >= 15 is 0 Å². The number of nitrogen functional groups attached to an aromatic ring is 1. The van der Waals surface area contributed by atoms with Crippen LogP contribution in [0.25, 0.3) is 22.3 Å². The van der Waals surface area contributed by atoms with E-state index in [1.165, 1.54) is 6.33 Å². The molecule has 2 aliphatic heterocycles. The Bertz CT molecular complexity index is 1860. The average Bonchev–Trinajstić information content (AvgIpc) is 3.47. The Morgan fingerprint density at radius 2 is 1.78 bits per heavy atom. The number of hydrogen-bond donors (Lipinski definition) is 4. The van der Waals surface area contributed by atoms with Crippen molar-refractivity contribution in [2.45, 2.75) is 31.9 Å². The summed E-state index contributed by atoms with van der Waals surface area (Å²) in [6.07, 6.45) is 2.35. The van der Waals surface area contributed by atoms with Gasteiger partial charge in [-0.3, -0.25) is 9.36 Å². The second kappa shape index (κ2) is 12.4. The summed E-state index contributed by atoms with van der Waals surface area (Å²) >= 11 is 0. The summed E-state index contributed by atoms with van der Waals surface area (Å²) in [5.41, 5.74) is 13.4. The number of fused-ring (bicyclic) bond motifs is 1. The molecule has 5 N–H and O–H groups in total. The third kappa shape index (κ3) is 5.54. The number of nitrogens with zero attached hydrogens (tertiary/aromatic N) is 5. The van der Waals surface area contributed by atoms with Crippen LogP contribution in [0.1, 0.15) is 41.9 Å². The van der Waals surface area contributed by atoms with E-state index in [2.05, 4.69) is 31.7 Å². The fourth-order valence-corrected chi connectivity index (χ4v) is 6.62. The fraction of sp³-hybridized carbons (Fsp3) is 0.324. The fourth-order valence-electron chi connectivity index (χ4n) is 6.62. The quantitative estimate of drug-likeness (QED) is 0.204. The number of pyridine rings is 1. The first-order valence-corrected chi connectivity index (χ1v) is 15.5. The van der Waals surface area contributed by atoms with Gasteiger partial charge in [-0.25, -0.2) is 9.50 Å². The molecule has 1 atom stereocenters. The summed E-state index contributed by atoms with van der Waals surface area (Å²) in [6, 6.07) is 21.3. The maximum absolute atomic E-state index is 13.9. The van der Waals surface area contributed by atoms with Gasteiger partial charge in [0.05, 0.1) is 24.5 Å². The van der Waals surface area contributed by atoms with Crippen molar-refractivity contribution in [1.29, 1.82) is 0 Å². The molecule has 2 fully saturated rings. The van der Waals surface area contributed by atoms with E-state index in [4.69, 9.17) is 10.5 Å². The molecule has 0 spiro atoms. The van der Waals surface area contributed by atoms with Gasteiger partial charge in [0, 0.05) is 47.3 Å². The summed E-state index contributed by atoms with van der Waals surface area (Å²) in [7, 11) is 0. The molecule has 5 aromatic rings. The molecule has 1 unspecified atom stereocenters. The summed E-state index contributed by atoms with van der Waals surface area (Å²) in [4.78, 5) is 20.4. The van der Waals surface area contributed by atoms with Crippen LogP contribution in [-0.4, -0.2) is 63.7 Å². The van der Waals surface area contributed by atoms with Crippen LogP contribution in [0.15, 0.2) is 77.9 Å². The molecular formula is C34H38N8O3. The predicted octanol–water partition coefficient (Wildman–Crippen LogP) is 3.84. The minimum Gasteiger partial charge on any atom is -0.382 e. The lowest BCUT2D eigenvalue weighted by Crippen LogP contribution is -2.39. The van der Waals surface area contributed by atoms with Gasteiger partial charge in [-0.05, 0) is 74.8 Å². The molecule has 2 saturated heterocycles.